The molecule has 24 heavy (non-hydrogen) atoms. The number of halogens is 1. The van der Waals surface area contributed by atoms with Crippen LogP contribution in [0.15, 0.2) is 42.5 Å². The molecule has 3 nitrogen and oxygen atoms in total. The van der Waals surface area contributed by atoms with E-state index < -0.39 is 0 Å². The highest BCUT2D eigenvalue weighted by molar-refractivity contribution is 5.94. The number of benzene rings is 2. The third-order valence-electron chi connectivity index (χ3n) is 4.44. The van der Waals surface area contributed by atoms with Crippen molar-refractivity contribution in [2.24, 2.45) is 5.41 Å². The van der Waals surface area contributed by atoms with Crippen LogP contribution in [0.3, 0.4) is 0 Å². The maximum absolute atomic E-state index is 13.2. The average Bonchev–Trinajstić information content (AvgIpc) is 3.00. The van der Waals surface area contributed by atoms with Crippen LogP contribution in [0.5, 0.6) is 0 Å². The summed E-state index contributed by atoms with van der Waals surface area (Å²) in [6, 6.07) is 12.0. The van der Waals surface area contributed by atoms with E-state index in [4.69, 9.17) is 0 Å². The summed E-state index contributed by atoms with van der Waals surface area (Å²) < 4.78 is 13.2. The number of nitrogens with one attached hydrogen (secondary N) is 2. The number of carbonyl (C=O) groups is 1. The standard InChI is InChI=1S/C20H23FN2O/c1-20(2,3)18(13-6-8-17(21)9-7-13)23-19(24)14-4-5-15-11-22-12-16(15)10-14/h4-10,18,22H,11-12H2,1-3H3,(H,23,24). The van der Waals surface area contributed by atoms with Gasteiger partial charge in [0.2, 0.25) is 0 Å². The summed E-state index contributed by atoms with van der Waals surface area (Å²) in [6.07, 6.45) is 0. The lowest BCUT2D eigenvalue weighted by Gasteiger charge is -2.32. The lowest BCUT2D eigenvalue weighted by Crippen LogP contribution is -2.36. The van der Waals surface area contributed by atoms with Gasteiger partial charge in [-0.2, -0.15) is 0 Å². The Morgan fingerprint density at radius 1 is 1.08 bits per heavy atom. The minimum absolute atomic E-state index is 0.103. The monoisotopic (exact) mass is 326 g/mol. The summed E-state index contributed by atoms with van der Waals surface area (Å²) in [4.78, 5) is 12.7. The number of fused-ring (bicyclic) bond motifs is 1. The molecule has 3 rings (SSSR count). The zero-order valence-electron chi connectivity index (χ0n) is 14.3. The molecule has 1 heterocycles. The highest BCUT2D eigenvalue weighted by atomic mass is 19.1. The molecule has 1 amide bonds. The molecule has 126 valence electrons. The van der Waals surface area contributed by atoms with Gasteiger partial charge in [-0.1, -0.05) is 39.0 Å². The topological polar surface area (TPSA) is 41.1 Å². The first-order chi connectivity index (χ1) is 11.3. The first-order valence-electron chi connectivity index (χ1n) is 8.23. The van der Waals surface area contributed by atoms with E-state index in [1.807, 2.05) is 18.2 Å². The number of carbonyl (C=O) groups excluding carboxylic acids is 1. The van der Waals surface area contributed by atoms with Gasteiger partial charge < -0.3 is 10.6 Å². The van der Waals surface area contributed by atoms with Crippen molar-refractivity contribution in [1.82, 2.24) is 10.6 Å². The quantitative estimate of drug-likeness (QED) is 0.897. The number of amides is 1. The smallest absolute Gasteiger partial charge is 0.251 e. The van der Waals surface area contributed by atoms with E-state index in [0.717, 1.165) is 18.7 Å². The van der Waals surface area contributed by atoms with E-state index in [0.29, 0.717) is 5.56 Å². The molecule has 1 aliphatic rings. The van der Waals surface area contributed by atoms with E-state index in [9.17, 15) is 9.18 Å². The predicted octanol–water partition coefficient (Wildman–Crippen LogP) is 3.95. The van der Waals surface area contributed by atoms with E-state index in [-0.39, 0.29) is 23.2 Å². The van der Waals surface area contributed by atoms with Gasteiger partial charge in [-0.3, -0.25) is 4.79 Å². The van der Waals surface area contributed by atoms with E-state index >= 15 is 0 Å². The largest absolute Gasteiger partial charge is 0.345 e. The predicted molar refractivity (Wildman–Crippen MR) is 93.0 cm³/mol. The number of hydrogen-bond acceptors (Lipinski definition) is 2. The van der Waals surface area contributed by atoms with Crippen molar-refractivity contribution in [3.63, 3.8) is 0 Å². The SMILES string of the molecule is CC(C)(C)C(NC(=O)c1ccc2c(c1)CNC2)c1ccc(F)cc1. The molecule has 0 fully saturated rings. The third kappa shape index (κ3) is 3.49. The van der Waals surface area contributed by atoms with E-state index in [1.54, 1.807) is 12.1 Å². The maximum atomic E-state index is 13.2. The second-order valence-electron chi connectivity index (χ2n) is 7.41. The van der Waals surface area contributed by atoms with Crippen molar-refractivity contribution >= 4 is 5.91 Å². The fraction of sp³-hybridized carbons (Fsp3) is 0.350. The van der Waals surface area contributed by atoms with Crippen LogP contribution in [0.4, 0.5) is 4.39 Å². The van der Waals surface area contributed by atoms with Gasteiger partial charge in [-0.15, -0.1) is 0 Å². The van der Waals surface area contributed by atoms with Crippen molar-refractivity contribution < 1.29 is 9.18 Å². The van der Waals surface area contributed by atoms with Gasteiger partial charge >= 0.3 is 0 Å². The van der Waals surface area contributed by atoms with Crippen LogP contribution < -0.4 is 10.6 Å². The van der Waals surface area contributed by atoms with Gasteiger partial charge in [0, 0.05) is 18.7 Å². The molecule has 0 spiro atoms. The van der Waals surface area contributed by atoms with Crippen LogP contribution in [-0.4, -0.2) is 5.91 Å². The first-order valence-corrected chi connectivity index (χ1v) is 8.23. The molecule has 1 aliphatic heterocycles. The lowest BCUT2D eigenvalue weighted by molar-refractivity contribution is 0.0901. The lowest BCUT2D eigenvalue weighted by atomic mass is 9.82. The summed E-state index contributed by atoms with van der Waals surface area (Å²) in [5.41, 5.74) is 3.80. The highest BCUT2D eigenvalue weighted by Crippen LogP contribution is 2.33. The molecule has 1 unspecified atom stereocenters. The van der Waals surface area contributed by atoms with Gasteiger partial charge in [0.05, 0.1) is 6.04 Å². The highest BCUT2D eigenvalue weighted by Gasteiger charge is 2.28. The molecular formula is C20H23FN2O. The fourth-order valence-corrected chi connectivity index (χ4v) is 3.11. The number of hydrogen-bond donors (Lipinski definition) is 2. The van der Waals surface area contributed by atoms with Crippen LogP contribution in [0, 0.1) is 11.2 Å². The zero-order valence-corrected chi connectivity index (χ0v) is 14.3. The zero-order chi connectivity index (χ0) is 17.3. The Morgan fingerprint density at radius 3 is 2.42 bits per heavy atom. The van der Waals surface area contributed by atoms with Gasteiger partial charge in [-0.05, 0) is 46.4 Å². The summed E-state index contributed by atoms with van der Waals surface area (Å²) in [6.45, 7) is 7.85. The third-order valence-corrected chi connectivity index (χ3v) is 4.44. The van der Waals surface area contributed by atoms with Crippen LogP contribution in [0.2, 0.25) is 0 Å². The Kier molecular flexibility index (Phi) is 4.41. The molecule has 0 aromatic heterocycles. The molecule has 1 atom stereocenters. The second-order valence-corrected chi connectivity index (χ2v) is 7.41. The minimum Gasteiger partial charge on any atom is -0.345 e. The van der Waals surface area contributed by atoms with Gasteiger partial charge in [0.15, 0.2) is 0 Å². The number of rotatable bonds is 3. The Labute approximate surface area is 142 Å². The fourth-order valence-electron chi connectivity index (χ4n) is 3.11. The second kappa shape index (κ2) is 6.36. The van der Waals surface area contributed by atoms with Gasteiger partial charge in [0.1, 0.15) is 5.82 Å². The summed E-state index contributed by atoms with van der Waals surface area (Å²) in [5.74, 6) is -0.377. The first kappa shape index (κ1) is 16.7. The van der Waals surface area contributed by atoms with Crippen LogP contribution in [-0.2, 0) is 13.1 Å². The Hall–Kier alpha value is -2.20. The van der Waals surface area contributed by atoms with Crippen LogP contribution in [0.1, 0.15) is 53.9 Å². The summed E-state index contributed by atoms with van der Waals surface area (Å²) in [5, 5.41) is 6.40. The molecule has 4 heteroatoms. The van der Waals surface area contributed by atoms with Gasteiger partial charge in [0.25, 0.3) is 5.91 Å². The molecule has 0 radical (unpaired) electrons. The molecule has 2 aromatic carbocycles. The van der Waals surface area contributed by atoms with Crippen LogP contribution >= 0.6 is 0 Å². The van der Waals surface area contributed by atoms with Crippen LogP contribution in [0.25, 0.3) is 0 Å². The molecule has 2 aromatic rings. The molecule has 0 saturated carbocycles. The van der Waals surface area contributed by atoms with Gasteiger partial charge in [-0.25, -0.2) is 4.39 Å². The Bertz CT molecular complexity index is 747. The molecule has 0 saturated heterocycles. The Balaban J connectivity index is 1.84. The van der Waals surface area contributed by atoms with E-state index in [2.05, 4.69) is 31.4 Å². The molecule has 2 N–H and O–H groups in total. The van der Waals surface area contributed by atoms with Crippen molar-refractivity contribution in [2.45, 2.75) is 39.9 Å². The van der Waals surface area contributed by atoms with Crippen molar-refractivity contribution in [3.8, 4) is 0 Å². The summed E-state index contributed by atoms with van der Waals surface area (Å²) >= 11 is 0. The van der Waals surface area contributed by atoms with E-state index in [1.165, 1.54) is 23.3 Å². The summed E-state index contributed by atoms with van der Waals surface area (Å²) in [7, 11) is 0. The van der Waals surface area contributed by atoms with Crippen molar-refractivity contribution in [1.29, 1.82) is 0 Å². The normalized spacial score (nSPS) is 15.0. The molecular weight excluding hydrogens is 303 g/mol. The maximum Gasteiger partial charge on any atom is 0.251 e. The molecule has 0 bridgehead atoms. The molecule has 0 aliphatic carbocycles. The minimum atomic E-state index is -0.274. The average molecular weight is 326 g/mol. The van der Waals surface area contributed by atoms with Crippen molar-refractivity contribution in [3.05, 3.63) is 70.5 Å². The van der Waals surface area contributed by atoms with Crippen molar-refractivity contribution in [2.75, 3.05) is 0 Å². The Morgan fingerprint density at radius 2 is 1.75 bits per heavy atom.